The van der Waals surface area contributed by atoms with Crippen molar-refractivity contribution < 1.29 is 9.84 Å². The molecule has 2 aromatic rings. The summed E-state index contributed by atoms with van der Waals surface area (Å²) in [4.78, 5) is 4.83. The van der Waals surface area contributed by atoms with Crippen molar-refractivity contribution in [3.63, 3.8) is 0 Å². The minimum Gasteiger partial charge on any atom is -0.489 e. The van der Waals surface area contributed by atoms with Crippen LogP contribution in [-0.4, -0.2) is 54.2 Å². The highest BCUT2D eigenvalue weighted by atomic mass is 16.5. The van der Waals surface area contributed by atoms with Crippen molar-refractivity contribution in [2.45, 2.75) is 25.6 Å². The van der Waals surface area contributed by atoms with E-state index in [0.717, 1.165) is 38.3 Å². The Morgan fingerprint density at radius 3 is 2.48 bits per heavy atom. The van der Waals surface area contributed by atoms with E-state index in [1.807, 2.05) is 18.2 Å². The number of aliphatic hydroxyl groups excluding tert-OH is 1. The molecule has 1 N–H and O–H groups in total. The summed E-state index contributed by atoms with van der Waals surface area (Å²) in [6.07, 6.45) is 0.846. The van der Waals surface area contributed by atoms with Crippen LogP contribution >= 0.6 is 0 Å². The fourth-order valence-corrected chi connectivity index (χ4v) is 3.30. The van der Waals surface area contributed by atoms with Crippen molar-refractivity contribution in [2.75, 3.05) is 33.3 Å². The first kappa shape index (κ1) is 17.9. The van der Waals surface area contributed by atoms with Gasteiger partial charge in [-0.25, -0.2) is 0 Å². The molecule has 0 spiro atoms. The summed E-state index contributed by atoms with van der Waals surface area (Å²) in [6.45, 7) is 4.96. The molecule has 0 bridgehead atoms. The number of hydrogen-bond donors (Lipinski definition) is 1. The van der Waals surface area contributed by atoms with Crippen molar-refractivity contribution >= 4 is 0 Å². The third-order valence-electron chi connectivity index (χ3n) is 4.90. The van der Waals surface area contributed by atoms with Crippen LogP contribution < -0.4 is 4.74 Å². The molecule has 4 nitrogen and oxygen atoms in total. The molecule has 1 fully saturated rings. The topological polar surface area (TPSA) is 35.9 Å². The molecule has 0 radical (unpaired) electrons. The number of piperazine rings is 1. The van der Waals surface area contributed by atoms with Crippen LogP contribution in [-0.2, 0) is 13.2 Å². The molecule has 3 rings (SSSR count). The van der Waals surface area contributed by atoms with Crippen LogP contribution in [0.15, 0.2) is 54.6 Å². The van der Waals surface area contributed by atoms with Crippen molar-refractivity contribution in [1.82, 2.24) is 9.80 Å². The molecule has 134 valence electrons. The van der Waals surface area contributed by atoms with Gasteiger partial charge in [-0.15, -0.1) is 0 Å². The summed E-state index contributed by atoms with van der Waals surface area (Å²) in [5.41, 5.74) is 2.48. The SMILES string of the molecule is CN1CCN(Cc2ccc(OCc3ccccc3)cc2)CC1CCO. The van der Waals surface area contributed by atoms with Crippen molar-refractivity contribution in [3.05, 3.63) is 65.7 Å². The molecule has 0 amide bonds. The van der Waals surface area contributed by atoms with Crippen LogP contribution in [0.4, 0.5) is 0 Å². The minimum atomic E-state index is 0.260. The third-order valence-corrected chi connectivity index (χ3v) is 4.90. The quantitative estimate of drug-likeness (QED) is 0.841. The summed E-state index contributed by atoms with van der Waals surface area (Å²) in [5, 5.41) is 9.22. The normalized spacial score (nSPS) is 19.0. The van der Waals surface area contributed by atoms with E-state index in [4.69, 9.17) is 4.74 Å². The lowest BCUT2D eigenvalue weighted by Crippen LogP contribution is -2.51. The van der Waals surface area contributed by atoms with Gasteiger partial charge in [0.2, 0.25) is 0 Å². The maximum absolute atomic E-state index is 9.22. The zero-order valence-electron chi connectivity index (χ0n) is 15.0. The van der Waals surface area contributed by atoms with E-state index in [1.165, 1.54) is 11.1 Å². The van der Waals surface area contributed by atoms with Gasteiger partial charge in [-0.3, -0.25) is 4.90 Å². The lowest BCUT2D eigenvalue weighted by molar-refractivity contribution is 0.0743. The molecule has 1 atom stereocenters. The van der Waals surface area contributed by atoms with E-state index in [9.17, 15) is 5.11 Å². The van der Waals surface area contributed by atoms with Crippen LogP contribution in [0.25, 0.3) is 0 Å². The molecular weight excluding hydrogens is 312 g/mol. The number of hydrogen-bond acceptors (Lipinski definition) is 4. The standard InChI is InChI=1S/C21H28N2O2/c1-22-12-13-23(16-20(22)11-14-24)15-18-7-9-21(10-8-18)25-17-19-5-3-2-4-6-19/h2-10,20,24H,11-17H2,1H3. The first-order chi connectivity index (χ1) is 12.2. The molecule has 0 aliphatic carbocycles. The Hall–Kier alpha value is -1.88. The lowest BCUT2D eigenvalue weighted by Gasteiger charge is -2.39. The number of ether oxygens (including phenoxy) is 1. The summed E-state index contributed by atoms with van der Waals surface area (Å²) in [7, 11) is 2.15. The maximum atomic E-state index is 9.22. The van der Waals surface area contributed by atoms with E-state index in [1.54, 1.807) is 0 Å². The second-order valence-corrected chi connectivity index (χ2v) is 6.80. The Balaban J connectivity index is 1.50. The summed E-state index contributed by atoms with van der Waals surface area (Å²) >= 11 is 0. The van der Waals surface area contributed by atoms with Crippen molar-refractivity contribution in [2.24, 2.45) is 0 Å². The molecule has 4 heteroatoms. The van der Waals surface area contributed by atoms with Crippen molar-refractivity contribution in [3.8, 4) is 5.75 Å². The van der Waals surface area contributed by atoms with E-state index in [2.05, 4.69) is 53.2 Å². The van der Waals surface area contributed by atoms with Gasteiger partial charge in [-0.2, -0.15) is 0 Å². The van der Waals surface area contributed by atoms with Crippen LogP contribution in [0.1, 0.15) is 17.5 Å². The van der Waals surface area contributed by atoms with Crippen LogP contribution in [0, 0.1) is 0 Å². The smallest absolute Gasteiger partial charge is 0.119 e. The molecule has 25 heavy (non-hydrogen) atoms. The predicted octanol–water partition coefficient (Wildman–Crippen LogP) is 2.76. The number of benzene rings is 2. The molecule has 0 saturated carbocycles. The first-order valence-corrected chi connectivity index (χ1v) is 9.04. The number of aliphatic hydroxyl groups is 1. The monoisotopic (exact) mass is 340 g/mol. The third kappa shape index (κ3) is 5.30. The van der Waals surface area contributed by atoms with Crippen LogP contribution in [0.2, 0.25) is 0 Å². The molecule has 1 aliphatic rings. The molecule has 0 aromatic heterocycles. The Morgan fingerprint density at radius 2 is 1.76 bits per heavy atom. The van der Waals surface area contributed by atoms with Gasteiger partial charge >= 0.3 is 0 Å². The second kappa shape index (κ2) is 8.99. The highest BCUT2D eigenvalue weighted by molar-refractivity contribution is 5.28. The Kier molecular flexibility index (Phi) is 6.45. The summed E-state index contributed by atoms with van der Waals surface area (Å²) in [6, 6.07) is 19.1. The minimum absolute atomic E-state index is 0.260. The van der Waals surface area contributed by atoms with Gasteiger partial charge < -0.3 is 14.7 Å². The van der Waals surface area contributed by atoms with Crippen molar-refractivity contribution in [1.29, 1.82) is 0 Å². The second-order valence-electron chi connectivity index (χ2n) is 6.80. The van der Waals surface area contributed by atoms with E-state index >= 15 is 0 Å². The van der Waals surface area contributed by atoms with Crippen LogP contribution in [0.3, 0.4) is 0 Å². The predicted molar refractivity (Wildman–Crippen MR) is 101 cm³/mol. The van der Waals surface area contributed by atoms with E-state index in [-0.39, 0.29) is 6.61 Å². The average molecular weight is 340 g/mol. The Bertz CT molecular complexity index is 630. The van der Waals surface area contributed by atoms with Crippen LogP contribution in [0.5, 0.6) is 5.75 Å². The fraction of sp³-hybridized carbons (Fsp3) is 0.429. The highest BCUT2D eigenvalue weighted by Crippen LogP contribution is 2.18. The summed E-state index contributed by atoms with van der Waals surface area (Å²) in [5.74, 6) is 0.907. The highest BCUT2D eigenvalue weighted by Gasteiger charge is 2.23. The van der Waals surface area contributed by atoms with Gasteiger partial charge in [-0.1, -0.05) is 42.5 Å². The zero-order chi connectivity index (χ0) is 17.5. The zero-order valence-corrected chi connectivity index (χ0v) is 15.0. The van der Waals surface area contributed by atoms with E-state index < -0.39 is 0 Å². The van der Waals surface area contributed by atoms with Gasteiger partial charge in [0.15, 0.2) is 0 Å². The van der Waals surface area contributed by atoms with Gasteiger partial charge in [0.1, 0.15) is 12.4 Å². The van der Waals surface area contributed by atoms with Gasteiger partial charge in [0.25, 0.3) is 0 Å². The van der Waals surface area contributed by atoms with Gasteiger partial charge in [-0.05, 0) is 36.7 Å². The number of nitrogens with zero attached hydrogens (tertiary/aromatic N) is 2. The first-order valence-electron chi connectivity index (χ1n) is 9.04. The molecular formula is C21H28N2O2. The lowest BCUT2D eigenvalue weighted by atomic mass is 10.1. The molecule has 1 unspecified atom stereocenters. The molecule has 2 aromatic carbocycles. The maximum Gasteiger partial charge on any atom is 0.119 e. The molecule has 1 heterocycles. The molecule has 1 saturated heterocycles. The average Bonchev–Trinajstić information content (AvgIpc) is 2.65. The number of rotatable bonds is 7. The Morgan fingerprint density at radius 1 is 1.00 bits per heavy atom. The fourth-order valence-electron chi connectivity index (χ4n) is 3.30. The Labute approximate surface area is 150 Å². The summed E-state index contributed by atoms with van der Waals surface area (Å²) < 4.78 is 5.85. The van der Waals surface area contributed by atoms with Gasteiger partial charge in [0.05, 0.1) is 0 Å². The molecule has 1 aliphatic heterocycles. The number of likely N-dealkylation sites (N-methyl/N-ethyl adjacent to an activating group) is 1. The van der Waals surface area contributed by atoms with Gasteiger partial charge in [0, 0.05) is 38.8 Å². The van der Waals surface area contributed by atoms with E-state index in [0.29, 0.717) is 12.6 Å². The largest absolute Gasteiger partial charge is 0.489 e.